The molecule has 2 heterocycles. The second-order valence-corrected chi connectivity index (χ2v) is 6.41. The maximum absolute atomic E-state index is 12.6. The van der Waals surface area contributed by atoms with Gasteiger partial charge >= 0.3 is 0 Å². The summed E-state index contributed by atoms with van der Waals surface area (Å²) in [5.41, 5.74) is 7.09. The SMILES string of the molecule is Cc1cccc2c1NC(C(=O)Nc1ccc3c(c1)CCNC3)C2. The second kappa shape index (κ2) is 5.70. The fourth-order valence-corrected chi connectivity index (χ4v) is 3.49. The van der Waals surface area contributed by atoms with Gasteiger partial charge in [-0.1, -0.05) is 24.3 Å². The number of aryl methyl sites for hydroxylation is 1. The molecule has 4 heteroatoms. The van der Waals surface area contributed by atoms with Gasteiger partial charge in [-0.3, -0.25) is 4.79 Å². The van der Waals surface area contributed by atoms with Crippen molar-refractivity contribution in [2.24, 2.45) is 0 Å². The Kier molecular flexibility index (Phi) is 3.54. The van der Waals surface area contributed by atoms with Gasteiger partial charge in [0.05, 0.1) is 0 Å². The van der Waals surface area contributed by atoms with Crippen LogP contribution in [-0.4, -0.2) is 18.5 Å². The number of para-hydroxylation sites is 1. The molecular formula is C19H21N3O. The van der Waals surface area contributed by atoms with E-state index < -0.39 is 0 Å². The van der Waals surface area contributed by atoms with Crippen molar-refractivity contribution >= 4 is 17.3 Å². The Balaban J connectivity index is 1.48. The monoisotopic (exact) mass is 307 g/mol. The molecule has 2 aromatic carbocycles. The van der Waals surface area contributed by atoms with Crippen LogP contribution in [0.5, 0.6) is 0 Å². The molecule has 118 valence electrons. The fraction of sp³-hybridized carbons (Fsp3) is 0.316. The summed E-state index contributed by atoms with van der Waals surface area (Å²) < 4.78 is 0. The molecule has 2 aliphatic heterocycles. The maximum Gasteiger partial charge on any atom is 0.247 e. The predicted octanol–water partition coefficient (Wildman–Crippen LogP) is 2.62. The van der Waals surface area contributed by atoms with Crippen LogP contribution in [0, 0.1) is 6.92 Å². The third kappa shape index (κ3) is 2.70. The van der Waals surface area contributed by atoms with Gasteiger partial charge < -0.3 is 16.0 Å². The average Bonchev–Trinajstić information content (AvgIpc) is 3.01. The van der Waals surface area contributed by atoms with Crippen LogP contribution < -0.4 is 16.0 Å². The molecule has 0 fully saturated rings. The van der Waals surface area contributed by atoms with Crippen molar-refractivity contribution in [1.82, 2.24) is 5.32 Å². The molecule has 1 atom stereocenters. The Morgan fingerprint density at radius 2 is 2.09 bits per heavy atom. The first kappa shape index (κ1) is 14.3. The minimum Gasteiger partial charge on any atom is -0.373 e. The van der Waals surface area contributed by atoms with Crippen LogP contribution in [-0.2, 0) is 24.2 Å². The lowest BCUT2D eigenvalue weighted by Gasteiger charge is -2.19. The Labute approximate surface area is 136 Å². The van der Waals surface area contributed by atoms with E-state index in [0.717, 1.165) is 37.3 Å². The summed E-state index contributed by atoms with van der Waals surface area (Å²) in [4.78, 5) is 12.6. The molecule has 2 aliphatic rings. The highest BCUT2D eigenvalue weighted by molar-refractivity contribution is 5.98. The summed E-state index contributed by atoms with van der Waals surface area (Å²) in [6, 6.07) is 12.2. The van der Waals surface area contributed by atoms with E-state index in [1.807, 2.05) is 12.1 Å². The molecule has 2 aromatic rings. The molecule has 23 heavy (non-hydrogen) atoms. The number of hydrogen-bond donors (Lipinski definition) is 3. The van der Waals surface area contributed by atoms with Crippen molar-refractivity contribution < 1.29 is 4.79 Å². The van der Waals surface area contributed by atoms with Gasteiger partial charge in [-0.2, -0.15) is 0 Å². The second-order valence-electron chi connectivity index (χ2n) is 6.41. The van der Waals surface area contributed by atoms with E-state index in [0.29, 0.717) is 0 Å². The van der Waals surface area contributed by atoms with E-state index in [9.17, 15) is 4.79 Å². The highest BCUT2D eigenvalue weighted by Gasteiger charge is 2.27. The van der Waals surface area contributed by atoms with Crippen LogP contribution in [0.2, 0.25) is 0 Å². The fourth-order valence-electron chi connectivity index (χ4n) is 3.49. The number of anilines is 2. The van der Waals surface area contributed by atoms with Crippen LogP contribution in [0.4, 0.5) is 11.4 Å². The van der Waals surface area contributed by atoms with Gasteiger partial charge in [-0.25, -0.2) is 0 Å². The van der Waals surface area contributed by atoms with Crippen LogP contribution in [0.3, 0.4) is 0 Å². The third-order valence-corrected chi connectivity index (χ3v) is 4.78. The maximum atomic E-state index is 12.6. The molecule has 4 nitrogen and oxygen atoms in total. The zero-order valence-corrected chi connectivity index (χ0v) is 13.3. The summed E-state index contributed by atoms with van der Waals surface area (Å²) in [5, 5.41) is 9.79. The van der Waals surface area contributed by atoms with Crippen molar-refractivity contribution in [3.63, 3.8) is 0 Å². The number of rotatable bonds is 2. The molecule has 0 aromatic heterocycles. The molecule has 0 aliphatic carbocycles. The Bertz CT molecular complexity index is 769. The minimum atomic E-state index is -0.191. The Hall–Kier alpha value is -2.33. The molecule has 1 unspecified atom stereocenters. The summed E-state index contributed by atoms with van der Waals surface area (Å²) in [6.07, 6.45) is 1.77. The molecule has 0 spiro atoms. The lowest BCUT2D eigenvalue weighted by molar-refractivity contribution is -0.116. The zero-order valence-electron chi connectivity index (χ0n) is 13.3. The first-order valence-corrected chi connectivity index (χ1v) is 8.19. The molecular weight excluding hydrogens is 286 g/mol. The van der Waals surface area contributed by atoms with Crippen molar-refractivity contribution in [2.75, 3.05) is 17.2 Å². The van der Waals surface area contributed by atoms with Crippen LogP contribution in [0.1, 0.15) is 22.3 Å². The average molecular weight is 307 g/mol. The van der Waals surface area contributed by atoms with Crippen LogP contribution >= 0.6 is 0 Å². The lowest BCUT2D eigenvalue weighted by atomic mass is 10.0. The summed E-state index contributed by atoms with van der Waals surface area (Å²) >= 11 is 0. The summed E-state index contributed by atoms with van der Waals surface area (Å²) in [7, 11) is 0. The number of benzene rings is 2. The van der Waals surface area contributed by atoms with Crippen molar-refractivity contribution in [2.45, 2.75) is 32.4 Å². The third-order valence-electron chi connectivity index (χ3n) is 4.78. The van der Waals surface area contributed by atoms with Crippen LogP contribution in [0.15, 0.2) is 36.4 Å². The molecule has 3 N–H and O–H groups in total. The van der Waals surface area contributed by atoms with E-state index in [4.69, 9.17) is 0 Å². The van der Waals surface area contributed by atoms with Gasteiger partial charge in [0.15, 0.2) is 0 Å². The highest BCUT2D eigenvalue weighted by Crippen LogP contribution is 2.29. The quantitative estimate of drug-likeness (QED) is 0.799. The highest BCUT2D eigenvalue weighted by atomic mass is 16.2. The molecule has 0 bridgehead atoms. The smallest absolute Gasteiger partial charge is 0.247 e. The summed E-state index contributed by atoms with van der Waals surface area (Å²) in [5.74, 6) is 0.0366. The van der Waals surface area contributed by atoms with Gasteiger partial charge in [0.25, 0.3) is 0 Å². The normalized spacial score (nSPS) is 18.7. The van der Waals surface area contributed by atoms with Gasteiger partial charge in [-0.15, -0.1) is 0 Å². The Morgan fingerprint density at radius 3 is 2.96 bits per heavy atom. The van der Waals surface area contributed by atoms with E-state index in [1.54, 1.807) is 0 Å². The predicted molar refractivity (Wildman–Crippen MR) is 92.8 cm³/mol. The van der Waals surface area contributed by atoms with E-state index >= 15 is 0 Å². The molecule has 0 radical (unpaired) electrons. The number of carbonyl (C=O) groups excluding carboxylic acids is 1. The minimum absolute atomic E-state index is 0.0366. The number of fused-ring (bicyclic) bond motifs is 2. The molecule has 0 saturated carbocycles. The zero-order chi connectivity index (χ0) is 15.8. The number of nitrogens with one attached hydrogen (secondary N) is 3. The Morgan fingerprint density at radius 1 is 1.17 bits per heavy atom. The first-order valence-electron chi connectivity index (χ1n) is 8.19. The van der Waals surface area contributed by atoms with Gasteiger partial charge in [0.1, 0.15) is 6.04 Å². The van der Waals surface area contributed by atoms with E-state index in [1.165, 1.54) is 22.3 Å². The van der Waals surface area contributed by atoms with Crippen LogP contribution in [0.25, 0.3) is 0 Å². The van der Waals surface area contributed by atoms with E-state index in [-0.39, 0.29) is 11.9 Å². The molecule has 4 rings (SSSR count). The van der Waals surface area contributed by atoms with Gasteiger partial charge in [-0.05, 0) is 54.3 Å². The number of hydrogen-bond acceptors (Lipinski definition) is 3. The standard InChI is InChI=1S/C19H21N3O/c1-12-3-2-4-14-10-17(22-18(12)14)19(23)21-16-6-5-15-11-20-8-7-13(15)9-16/h2-6,9,17,20,22H,7-8,10-11H2,1H3,(H,21,23). The lowest BCUT2D eigenvalue weighted by Crippen LogP contribution is -2.33. The number of carbonyl (C=O) groups is 1. The molecule has 0 saturated heterocycles. The largest absolute Gasteiger partial charge is 0.373 e. The van der Waals surface area contributed by atoms with Crippen molar-refractivity contribution in [3.05, 3.63) is 58.7 Å². The molecule has 1 amide bonds. The van der Waals surface area contributed by atoms with Crippen molar-refractivity contribution in [1.29, 1.82) is 0 Å². The van der Waals surface area contributed by atoms with Crippen molar-refractivity contribution in [3.8, 4) is 0 Å². The summed E-state index contributed by atoms with van der Waals surface area (Å²) in [6.45, 7) is 4.00. The topological polar surface area (TPSA) is 53.2 Å². The number of amides is 1. The van der Waals surface area contributed by atoms with E-state index in [2.05, 4.69) is 47.1 Å². The van der Waals surface area contributed by atoms with Gasteiger partial charge in [0.2, 0.25) is 5.91 Å². The van der Waals surface area contributed by atoms with Gasteiger partial charge in [0, 0.05) is 24.3 Å². The first-order chi connectivity index (χ1) is 11.2.